The van der Waals surface area contributed by atoms with Crippen LogP contribution in [0.3, 0.4) is 0 Å². The van der Waals surface area contributed by atoms with Crippen LogP contribution in [0.25, 0.3) is 28.3 Å². The van der Waals surface area contributed by atoms with Gasteiger partial charge in [-0.3, -0.25) is 0 Å². The van der Waals surface area contributed by atoms with E-state index in [0.29, 0.717) is 5.92 Å². The van der Waals surface area contributed by atoms with Gasteiger partial charge in [0.2, 0.25) is 0 Å². The predicted molar refractivity (Wildman–Crippen MR) is 118 cm³/mol. The minimum absolute atomic E-state index is 0.698. The van der Waals surface area contributed by atoms with Crippen LogP contribution < -0.4 is 0 Å². The lowest BCUT2D eigenvalue weighted by molar-refractivity contribution is 0.638. The fourth-order valence-electron chi connectivity index (χ4n) is 4.43. The Morgan fingerprint density at radius 2 is 1.52 bits per heavy atom. The molecular weight excluding hydrogens is 324 g/mol. The van der Waals surface area contributed by atoms with Crippen molar-refractivity contribution in [2.75, 3.05) is 0 Å². The van der Waals surface area contributed by atoms with Crippen molar-refractivity contribution in [3.63, 3.8) is 0 Å². The van der Waals surface area contributed by atoms with E-state index in [4.69, 9.17) is 0 Å². The van der Waals surface area contributed by atoms with Crippen molar-refractivity contribution in [2.24, 2.45) is 5.92 Å². The van der Waals surface area contributed by atoms with E-state index in [9.17, 15) is 0 Å². The van der Waals surface area contributed by atoms with Crippen molar-refractivity contribution in [1.29, 1.82) is 0 Å². The van der Waals surface area contributed by atoms with Gasteiger partial charge in [0.05, 0.1) is 0 Å². The second-order valence-electron chi connectivity index (χ2n) is 8.38. The molecule has 3 aromatic rings. The molecule has 1 aliphatic carbocycles. The zero-order chi connectivity index (χ0) is 19.0. The molecule has 0 atom stereocenters. The smallest absolute Gasteiger partial charge is 0.00298 e. The summed E-state index contributed by atoms with van der Waals surface area (Å²) in [6.07, 6.45) is 4.75. The van der Waals surface area contributed by atoms with Gasteiger partial charge in [0.15, 0.2) is 0 Å². The van der Waals surface area contributed by atoms with E-state index in [0.717, 1.165) is 6.42 Å². The van der Waals surface area contributed by atoms with E-state index in [2.05, 4.69) is 94.4 Å². The van der Waals surface area contributed by atoms with Crippen LogP contribution in [0.15, 0.2) is 66.2 Å². The molecule has 0 N–H and O–H groups in total. The Labute approximate surface area is 163 Å². The molecule has 136 valence electrons. The highest BCUT2D eigenvalue weighted by Gasteiger charge is 2.21. The minimum Gasteiger partial charge on any atom is -0.0649 e. The normalized spacial score (nSPS) is 13.0. The first kappa shape index (κ1) is 17.8. The molecule has 0 saturated carbocycles. The maximum Gasteiger partial charge on any atom is -0.00298 e. The highest BCUT2D eigenvalue weighted by Crippen LogP contribution is 2.42. The van der Waals surface area contributed by atoms with Crippen LogP contribution in [0, 0.1) is 19.8 Å². The molecule has 0 saturated heterocycles. The van der Waals surface area contributed by atoms with Gasteiger partial charge in [0.25, 0.3) is 0 Å². The van der Waals surface area contributed by atoms with E-state index < -0.39 is 0 Å². The molecule has 0 aromatic heterocycles. The molecule has 27 heavy (non-hydrogen) atoms. The average Bonchev–Trinajstić information content (AvgIpc) is 3.02. The summed E-state index contributed by atoms with van der Waals surface area (Å²) in [4.78, 5) is 0. The Balaban J connectivity index is 1.96. The molecule has 0 radical (unpaired) electrons. The molecule has 0 unspecified atom stereocenters. The van der Waals surface area contributed by atoms with Gasteiger partial charge in [-0.05, 0) is 66.0 Å². The number of aryl methyl sites for hydroxylation is 2. The first-order chi connectivity index (χ1) is 13.0. The molecule has 0 bridgehead atoms. The highest BCUT2D eigenvalue weighted by molar-refractivity contribution is 5.92. The predicted octanol–water partition coefficient (Wildman–Crippen LogP) is 7.62. The summed E-state index contributed by atoms with van der Waals surface area (Å²) < 4.78 is 0. The van der Waals surface area contributed by atoms with Gasteiger partial charge < -0.3 is 0 Å². The quantitative estimate of drug-likeness (QED) is 0.453. The molecule has 0 nitrogen and oxygen atoms in total. The lowest BCUT2D eigenvalue weighted by Crippen LogP contribution is -1.94. The standard InChI is InChI=1S/C27H28/c1-18(2)12-21-16-23-10-11-25(22-8-6-5-7-9-22)27(26(23)17-21)24-14-19(3)13-20(4)15-24/h5-11,13-15,17-18H,12,16H2,1-4H3. The Bertz CT molecular complexity index is 983. The topological polar surface area (TPSA) is 0 Å². The van der Waals surface area contributed by atoms with Crippen LogP contribution in [0.4, 0.5) is 0 Å². The SMILES string of the molecule is Cc1cc(C)cc(-c2c(-c3ccccc3)ccc3c2C=C(CC(C)C)C3)c1. The van der Waals surface area contributed by atoms with Gasteiger partial charge in [-0.2, -0.15) is 0 Å². The summed E-state index contributed by atoms with van der Waals surface area (Å²) in [7, 11) is 0. The molecule has 0 spiro atoms. The van der Waals surface area contributed by atoms with Crippen molar-refractivity contribution in [1.82, 2.24) is 0 Å². The van der Waals surface area contributed by atoms with Gasteiger partial charge in [-0.25, -0.2) is 0 Å². The molecule has 0 heteroatoms. The third-order valence-electron chi connectivity index (χ3n) is 5.37. The van der Waals surface area contributed by atoms with Crippen molar-refractivity contribution in [3.05, 3.63) is 88.5 Å². The summed E-state index contributed by atoms with van der Waals surface area (Å²) in [6, 6.07) is 22.4. The molecule has 1 aliphatic rings. The average molecular weight is 353 g/mol. The number of hydrogen-bond donors (Lipinski definition) is 0. The van der Waals surface area contributed by atoms with Crippen molar-refractivity contribution < 1.29 is 0 Å². The van der Waals surface area contributed by atoms with Crippen LogP contribution >= 0.6 is 0 Å². The van der Waals surface area contributed by atoms with Gasteiger partial charge in [-0.1, -0.05) is 97.3 Å². The first-order valence-corrected chi connectivity index (χ1v) is 10.0. The Kier molecular flexibility index (Phi) is 4.74. The van der Waals surface area contributed by atoms with Crippen LogP contribution in [-0.2, 0) is 6.42 Å². The molecule has 0 aliphatic heterocycles. The van der Waals surface area contributed by atoms with E-state index in [1.807, 2.05) is 0 Å². The molecule has 3 aromatic carbocycles. The second-order valence-corrected chi connectivity index (χ2v) is 8.38. The van der Waals surface area contributed by atoms with E-state index in [1.165, 1.54) is 50.9 Å². The Hall–Kier alpha value is -2.60. The van der Waals surface area contributed by atoms with Gasteiger partial charge >= 0.3 is 0 Å². The first-order valence-electron chi connectivity index (χ1n) is 10.0. The monoisotopic (exact) mass is 352 g/mol. The molecular formula is C27H28. The van der Waals surface area contributed by atoms with Gasteiger partial charge in [0.1, 0.15) is 0 Å². The van der Waals surface area contributed by atoms with Crippen molar-refractivity contribution >= 4 is 6.08 Å². The van der Waals surface area contributed by atoms with Crippen LogP contribution in [-0.4, -0.2) is 0 Å². The van der Waals surface area contributed by atoms with E-state index in [1.54, 1.807) is 5.57 Å². The number of allylic oxidation sites excluding steroid dienone is 1. The van der Waals surface area contributed by atoms with E-state index >= 15 is 0 Å². The van der Waals surface area contributed by atoms with Crippen molar-refractivity contribution in [2.45, 2.75) is 40.5 Å². The van der Waals surface area contributed by atoms with Crippen molar-refractivity contribution in [3.8, 4) is 22.3 Å². The third-order valence-corrected chi connectivity index (χ3v) is 5.37. The maximum atomic E-state index is 2.47. The molecule has 0 heterocycles. The van der Waals surface area contributed by atoms with Gasteiger partial charge in [0, 0.05) is 0 Å². The summed E-state index contributed by atoms with van der Waals surface area (Å²) in [5.74, 6) is 0.698. The van der Waals surface area contributed by atoms with Gasteiger partial charge in [-0.15, -0.1) is 0 Å². The molecule has 4 rings (SSSR count). The summed E-state index contributed by atoms with van der Waals surface area (Å²) in [5.41, 5.74) is 12.5. The molecule has 0 amide bonds. The van der Waals surface area contributed by atoms with Crippen LogP contribution in [0.1, 0.15) is 42.5 Å². The fraction of sp³-hybridized carbons (Fsp3) is 0.259. The Morgan fingerprint density at radius 1 is 0.815 bits per heavy atom. The number of hydrogen-bond acceptors (Lipinski definition) is 0. The third kappa shape index (κ3) is 3.62. The Morgan fingerprint density at radius 3 is 2.19 bits per heavy atom. The maximum absolute atomic E-state index is 2.47. The van der Waals surface area contributed by atoms with Crippen LogP contribution in [0.5, 0.6) is 0 Å². The minimum atomic E-state index is 0.698. The summed E-state index contributed by atoms with van der Waals surface area (Å²) in [5, 5.41) is 0. The lowest BCUT2D eigenvalue weighted by Gasteiger charge is -2.16. The number of benzene rings is 3. The summed E-state index contributed by atoms with van der Waals surface area (Å²) >= 11 is 0. The number of fused-ring (bicyclic) bond motifs is 1. The fourth-order valence-corrected chi connectivity index (χ4v) is 4.43. The second kappa shape index (κ2) is 7.19. The zero-order valence-electron chi connectivity index (χ0n) is 16.8. The zero-order valence-corrected chi connectivity index (χ0v) is 16.8. The van der Waals surface area contributed by atoms with E-state index in [-0.39, 0.29) is 0 Å². The summed E-state index contributed by atoms with van der Waals surface area (Å²) in [6.45, 7) is 9.01. The number of rotatable bonds is 4. The largest absolute Gasteiger partial charge is 0.0649 e. The van der Waals surface area contributed by atoms with Crippen LogP contribution in [0.2, 0.25) is 0 Å². The lowest BCUT2D eigenvalue weighted by atomic mass is 9.87. The highest BCUT2D eigenvalue weighted by atomic mass is 14.2. The molecule has 0 fully saturated rings.